The lowest BCUT2D eigenvalue weighted by Gasteiger charge is -2.31. The van der Waals surface area contributed by atoms with Crippen LogP contribution in [-0.4, -0.2) is 35.4 Å². The number of carboxylic acids is 1. The van der Waals surface area contributed by atoms with Gasteiger partial charge in [0.1, 0.15) is 0 Å². The lowest BCUT2D eigenvalue weighted by molar-refractivity contribution is 0.0696. The molecule has 0 aliphatic heterocycles. The third kappa shape index (κ3) is 3.07. The van der Waals surface area contributed by atoms with Crippen LogP contribution in [0, 0.1) is 6.92 Å². The van der Waals surface area contributed by atoms with E-state index in [2.05, 4.69) is 4.90 Å². The number of aliphatic hydroxyl groups excluding tert-OH is 1. The van der Waals surface area contributed by atoms with Crippen molar-refractivity contribution in [3.63, 3.8) is 0 Å². The van der Waals surface area contributed by atoms with Gasteiger partial charge in [-0.3, -0.25) is 0 Å². The Bertz CT molecular complexity index is 453. The molecule has 0 heterocycles. The lowest BCUT2D eigenvalue weighted by atomic mass is 10.1. The third-order valence-electron chi connectivity index (χ3n) is 3.88. The van der Waals surface area contributed by atoms with E-state index in [1.54, 1.807) is 6.07 Å². The van der Waals surface area contributed by atoms with Gasteiger partial charge < -0.3 is 15.1 Å². The molecule has 2 N–H and O–H groups in total. The molecule has 0 radical (unpaired) electrons. The molecule has 1 aromatic carbocycles. The van der Waals surface area contributed by atoms with Crippen molar-refractivity contribution in [2.45, 2.75) is 38.6 Å². The summed E-state index contributed by atoms with van der Waals surface area (Å²) in [5, 5.41) is 18.3. The first-order valence-corrected chi connectivity index (χ1v) is 6.85. The molecule has 0 amide bonds. The van der Waals surface area contributed by atoms with E-state index in [1.807, 2.05) is 19.1 Å². The van der Waals surface area contributed by atoms with E-state index in [4.69, 9.17) is 5.11 Å². The average Bonchev–Trinajstić information content (AvgIpc) is 2.89. The first-order chi connectivity index (χ1) is 9.13. The summed E-state index contributed by atoms with van der Waals surface area (Å²) in [4.78, 5) is 13.2. The molecule has 0 atom stereocenters. The standard InChI is InChI=1S/C15H21NO3/c1-11-10-13(6-7-14(11)15(18)19)16(8-9-17)12-4-2-3-5-12/h6-7,10,12,17H,2-5,8-9H2,1H3,(H,18,19). The van der Waals surface area contributed by atoms with Crippen LogP contribution in [0.3, 0.4) is 0 Å². The molecule has 0 unspecified atom stereocenters. The highest BCUT2D eigenvalue weighted by molar-refractivity contribution is 5.89. The number of hydrogen-bond acceptors (Lipinski definition) is 3. The summed E-state index contributed by atoms with van der Waals surface area (Å²) in [7, 11) is 0. The normalized spacial score (nSPS) is 15.7. The minimum absolute atomic E-state index is 0.121. The quantitative estimate of drug-likeness (QED) is 0.856. The molecule has 1 aromatic rings. The van der Waals surface area contributed by atoms with Crippen molar-refractivity contribution >= 4 is 11.7 Å². The van der Waals surface area contributed by atoms with E-state index in [0.717, 1.165) is 24.1 Å². The molecular formula is C15H21NO3. The molecule has 4 nitrogen and oxygen atoms in total. The van der Waals surface area contributed by atoms with E-state index >= 15 is 0 Å². The number of aliphatic hydroxyl groups is 1. The van der Waals surface area contributed by atoms with E-state index in [0.29, 0.717) is 18.2 Å². The van der Waals surface area contributed by atoms with Gasteiger partial charge in [-0.25, -0.2) is 4.79 Å². The van der Waals surface area contributed by atoms with Crippen molar-refractivity contribution in [3.05, 3.63) is 29.3 Å². The van der Waals surface area contributed by atoms with Gasteiger partial charge in [-0.1, -0.05) is 12.8 Å². The molecule has 0 aromatic heterocycles. The van der Waals surface area contributed by atoms with Crippen molar-refractivity contribution in [1.82, 2.24) is 0 Å². The first-order valence-electron chi connectivity index (χ1n) is 6.85. The summed E-state index contributed by atoms with van der Waals surface area (Å²) in [6.07, 6.45) is 4.77. The Labute approximate surface area is 113 Å². The second-order valence-corrected chi connectivity index (χ2v) is 5.16. The minimum atomic E-state index is -0.890. The van der Waals surface area contributed by atoms with Gasteiger partial charge in [0.25, 0.3) is 0 Å². The zero-order chi connectivity index (χ0) is 13.8. The fourth-order valence-corrected chi connectivity index (χ4v) is 2.91. The molecule has 4 heteroatoms. The van der Waals surface area contributed by atoms with Crippen LogP contribution in [0.5, 0.6) is 0 Å². The number of carboxylic acid groups (broad SMARTS) is 1. The van der Waals surface area contributed by atoms with Gasteiger partial charge in [0.05, 0.1) is 12.2 Å². The molecule has 1 aliphatic carbocycles. The fraction of sp³-hybridized carbons (Fsp3) is 0.533. The van der Waals surface area contributed by atoms with Gasteiger partial charge in [-0.2, -0.15) is 0 Å². The van der Waals surface area contributed by atoms with Crippen molar-refractivity contribution in [2.24, 2.45) is 0 Å². The molecule has 19 heavy (non-hydrogen) atoms. The van der Waals surface area contributed by atoms with Gasteiger partial charge in [0, 0.05) is 18.3 Å². The molecule has 0 spiro atoms. The molecule has 1 fully saturated rings. The van der Waals surface area contributed by atoms with Crippen LogP contribution in [0.15, 0.2) is 18.2 Å². The van der Waals surface area contributed by atoms with Gasteiger partial charge >= 0.3 is 5.97 Å². The van der Waals surface area contributed by atoms with Crippen molar-refractivity contribution in [1.29, 1.82) is 0 Å². The summed E-state index contributed by atoms with van der Waals surface area (Å²) < 4.78 is 0. The Morgan fingerprint density at radius 3 is 2.58 bits per heavy atom. The second kappa shape index (κ2) is 6.06. The van der Waals surface area contributed by atoms with Gasteiger partial charge in [-0.15, -0.1) is 0 Å². The number of aromatic carboxylic acids is 1. The molecule has 1 saturated carbocycles. The van der Waals surface area contributed by atoms with E-state index in [-0.39, 0.29) is 6.61 Å². The van der Waals surface area contributed by atoms with Crippen LogP contribution in [-0.2, 0) is 0 Å². The smallest absolute Gasteiger partial charge is 0.335 e. The number of hydrogen-bond donors (Lipinski definition) is 2. The highest BCUT2D eigenvalue weighted by Gasteiger charge is 2.23. The maximum absolute atomic E-state index is 11.0. The lowest BCUT2D eigenvalue weighted by Crippen LogP contribution is -2.35. The number of aryl methyl sites for hydroxylation is 1. The van der Waals surface area contributed by atoms with Crippen LogP contribution in [0.2, 0.25) is 0 Å². The molecule has 2 rings (SSSR count). The average molecular weight is 263 g/mol. The first kappa shape index (κ1) is 13.9. The second-order valence-electron chi connectivity index (χ2n) is 5.16. The minimum Gasteiger partial charge on any atom is -0.478 e. The van der Waals surface area contributed by atoms with Crippen molar-refractivity contribution in [2.75, 3.05) is 18.1 Å². The van der Waals surface area contributed by atoms with E-state index in [9.17, 15) is 9.90 Å². The Morgan fingerprint density at radius 1 is 1.37 bits per heavy atom. The van der Waals surface area contributed by atoms with Crippen LogP contribution in [0.4, 0.5) is 5.69 Å². The van der Waals surface area contributed by atoms with Gasteiger partial charge in [-0.05, 0) is 43.5 Å². The Hall–Kier alpha value is -1.55. The van der Waals surface area contributed by atoms with E-state index in [1.165, 1.54) is 12.8 Å². The molecule has 104 valence electrons. The fourth-order valence-electron chi connectivity index (χ4n) is 2.91. The Kier molecular flexibility index (Phi) is 4.43. The number of carbonyl (C=O) groups is 1. The largest absolute Gasteiger partial charge is 0.478 e. The third-order valence-corrected chi connectivity index (χ3v) is 3.88. The zero-order valence-electron chi connectivity index (χ0n) is 11.3. The maximum atomic E-state index is 11.0. The predicted octanol–water partition coefficient (Wildman–Crippen LogP) is 2.43. The highest BCUT2D eigenvalue weighted by atomic mass is 16.4. The predicted molar refractivity (Wildman–Crippen MR) is 74.8 cm³/mol. The SMILES string of the molecule is Cc1cc(N(CCO)C2CCCC2)ccc1C(=O)O. The number of rotatable bonds is 5. The van der Waals surface area contributed by atoms with Gasteiger partial charge in [0.15, 0.2) is 0 Å². The highest BCUT2D eigenvalue weighted by Crippen LogP contribution is 2.29. The number of anilines is 1. The van der Waals surface area contributed by atoms with Crippen molar-refractivity contribution < 1.29 is 15.0 Å². The molecule has 1 aliphatic rings. The Balaban J connectivity index is 2.26. The van der Waals surface area contributed by atoms with Crippen LogP contribution < -0.4 is 4.90 Å². The molecular weight excluding hydrogens is 242 g/mol. The van der Waals surface area contributed by atoms with Crippen LogP contribution >= 0.6 is 0 Å². The monoisotopic (exact) mass is 263 g/mol. The van der Waals surface area contributed by atoms with E-state index < -0.39 is 5.97 Å². The Morgan fingerprint density at radius 2 is 2.05 bits per heavy atom. The summed E-state index contributed by atoms with van der Waals surface area (Å²) in [6, 6.07) is 5.90. The number of nitrogens with zero attached hydrogens (tertiary/aromatic N) is 1. The van der Waals surface area contributed by atoms with Crippen LogP contribution in [0.1, 0.15) is 41.6 Å². The zero-order valence-corrected chi connectivity index (χ0v) is 11.3. The van der Waals surface area contributed by atoms with Crippen LogP contribution in [0.25, 0.3) is 0 Å². The summed E-state index contributed by atoms with van der Waals surface area (Å²) >= 11 is 0. The number of benzene rings is 1. The summed E-state index contributed by atoms with van der Waals surface area (Å²) in [6.45, 7) is 2.55. The maximum Gasteiger partial charge on any atom is 0.335 e. The molecule has 0 saturated heterocycles. The molecule has 0 bridgehead atoms. The van der Waals surface area contributed by atoms with Crippen molar-refractivity contribution in [3.8, 4) is 0 Å². The summed E-state index contributed by atoms with van der Waals surface area (Å²) in [5.74, 6) is -0.890. The van der Waals surface area contributed by atoms with Gasteiger partial charge in [0.2, 0.25) is 0 Å². The topological polar surface area (TPSA) is 60.8 Å². The summed E-state index contributed by atoms with van der Waals surface area (Å²) in [5.41, 5.74) is 2.13.